The monoisotopic (exact) mass is 473 g/mol. The maximum absolute atomic E-state index is 13.4. The van der Waals surface area contributed by atoms with Gasteiger partial charge < -0.3 is 25.2 Å². The molecular weight excluding hydrogens is 452 g/mol. The third kappa shape index (κ3) is 5.13. The van der Waals surface area contributed by atoms with E-state index in [4.69, 9.17) is 9.47 Å². The Balaban J connectivity index is 0.00000243. The Kier molecular flexibility index (Phi) is 7.31. The molecule has 2 aromatic carbocycles. The zero-order valence-electron chi connectivity index (χ0n) is 14.3. The first-order valence-corrected chi connectivity index (χ1v) is 8.04. The second-order valence-corrected chi connectivity index (χ2v) is 5.52. The van der Waals surface area contributed by atoms with Crippen LogP contribution in [0.5, 0.6) is 17.2 Å². The van der Waals surface area contributed by atoms with Crippen LogP contribution in [0.1, 0.15) is 18.1 Å². The minimum atomic E-state index is -0.647. The Morgan fingerprint density at radius 1 is 1.12 bits per heavy atom. The second kappa shape index (κ2) is 9.46. The number of nitrogens with zero attached hydrogens (tertiary/aromatic N) is 1. The Bertz CT molecular complexity index is 786. The first-order chi connectivity index (χ1) is 12.2. The van der Waals surface area contributed by atoms with Crippen molar-refractivity contribution < 1.29 is 19.0 Å². The van der Waals surface area contributed by atoms with Crippen LogP contribution < -0.4 is 20.1 Å². The molecule has 0 bridgehead atoms. The molecule has 6 nitrogen and oxygen atoms in total. The van der Waals surface area contributed by atoms with Gasteiger partial charge >= 0.3 is 0 Å². The lowest BCUT2D eigenvalue weighted by Gasteiger charge is -2.12. The van der Waals surface area contributed by atoms with Crippen LogP contribution in [0, 0.1) is 5.82 Å². The molecule has 1 aliphatic heterocycles. The highest BCUT2D eigenvalue weighted by Gasteiger charge is 2.13. The minimum Gasteiger partial charge on any atom is -0.505 e. The van der Waals surface area contributed by atoms with Crippen LogP contribution in [0.15, 0.2) is 41.4 Å². The number of benzene rings is 2. The van der Waals surface area contributed by atoms with Crippen molar-refractivity contribution in [3.63, 3.8) is 0 Å². The summed E-state index contributed by atoms with van der Waals surface area (Å²) in [6, 6.07) is 10.0. The summed E-state index contributed by atoms with van der Waals surface area (Å²) in [7, 11) is 0. The van der Waals surface area contributed by atoms with Crippen molar-refractivity contribution in [1.82, 2.24) is 10.6 Å². The van der Waals surface area contributed by atoms with E-state index < -0.39 is 5.82 Å². The number of hydrogen-bond acceptors (Lipinski definition) is 4. The Morgan fingerprint density at radius 2 is 1.88 bits per heavy atom. The number of hydrogen-bond donors (Lipinski definition) is 3. The standard InChI is InChI=1S/C18H20FN3O3.HI/c1-2-20-18(21-9-12-3-5-15(23)14(19)7-12)22-10-13-4-6-16-17(8-13)25-11-24-16;/h3-8,23H,2,9-11H2,1H3,(H2,20,21,22);1H. The maximum atomic E-state index is 13.4. The summed E-state index contributed by atoms with van der Waals surface area (Å²) in [6.45, 7) is 3.79. The molecule has 0 aliphatic carbocycles. The fourth-order valence-electron chi connectivity index (χ4n) is 2.40. The number of ether oxygens (including phenoxy) is 2. The Hall–Kier alpha value is -2.23. The lowest BCUT2D eigenvalue weighted by Crippen LogP contribution is -2.36. The quantitative estimate of drug-likeness (QED) is 0.354. The van der Waals surface area contributed by atoms with Crippen LogP contribution in [0.3, 0.4) is 0 Å². The molecule has 0 saturated heterocycles. The largest absolute Gasteiger partial charge is 0.505 e. The van der Waals surface area contributed by atoms with E-state index in [2.05, 4.69) is 15.6 Å². The van der Waals surface area contributed by atoms with Gasteiger partial charge in [-0.05, 0) is 42.3 Å². The number of rotatable bonds is 5. The van der Waals surface area contributed by atoms with Crippen LogP contribution in [0.4, 0.5) is 4.39 Å². The topological polar surface area (TPSA) is 75.1 Å². The summed E-state index contributed by atoms with van der Waals surface area (Å²) in [5.74, 6) is 1.10. The van der Waals surface area contributed by atoms with E-state index in [9.17, 15) is 9.50 Å². The maximum Gasteiger partial charge on any atom is 0.231 e. The van der Waals surface area contributed by atoms with E-state index in [-0.39, 0.29) is 36.5 Å². The molecule has 0 unspecified atom stereocenters. The van der Waals surface area contributed by atoms with E-state index in [0.717, 1.165) is 17.1 Å². The van der Waals surface area contributed by atoms with E-state index >= 15 is 0 Å². The highest BCUT2D eigenvalue weighted by atomic mass is 127. The first-order valence-electron chi connectivity index (χ1n) is 8.04. The number of aliphatic imine (C=N–C) groups is 1. The number of fused-ring (bicyclic) bond motifs is 1. The molecule has 0 saturated carbocycles. The van der Waals surface area contributed by atoms with Gasteiger partial charge in [-0.25, -0.2) is 9.38 Å². The number of phenolic OH excluding ortho intramolecular Hbond substituents is 1. The number of halogens is 2. The number of phenols is 1. The molecule has 1 aliphatic rings. The van der Waals surface area contributed by atoms with Crippen molar-refractivity contribution in [2.75, 3.05) is 13.3 Å². The average Bonchev–Trinajstić information content (AvgIpc) is 3.08. The highest BCUT2D eigenvalue weighted by Crippen LogP contribution is 2.32. The molecule has 3 N–H and O–H groups in total. The fraction of sp³-hybridized carbons (Fsp3) is 0.278. The van der Waals surface area contributed by atoms with Gasteiger partial charge in [0.1, 0.15) is 0 Å². The number of guanidine groups is 1. The van der Waals surface area contributed by atoms with E-state index in [1.54, 1.807) is 6.07 Å². The van der Waals surface area contributed by atoms with Gasteiger partial charge in [-0.15, -0.1) is 24.0 Å². The SMILES string of the molecule is CCNC(=NCc1ccc(O)c(F)c1)NCc1ccc2c(c1)OCO2.I. The van der Waals surface area contributed by atoms with Gasteiger partial charge in [-0.1, -0.05) is 12.1 Å². The predicted molar refractivity (Wildman–Crippen MR) is 108 cm³/mol. The van der Waals surface area contributed by atoms with Gasteiger partial charge in [0, 0.05) is 13.1 Å². The van der Waals surface area contributed by atoms with Gasteiger partial charge in [-0.3, -0.25) is 0 Å². The van der Waals surface area contributed by atoms with Gasteiger partial charge in [-0.2, -0.15) is 0 Å². The summed E-state index contributed by atoms with van der Waals surface area (Å²) in [6.07, 6.45) is 0. The molecule has 0 fully saturated rings. The van der Waals surface area contributed by atoms with Crippen molar-refractivity contribution in [2.24, 2.45) is 4.99 Å². The lowest BCUT2D eigenvalue weighted by atomic mass is 10.2. The summed E-state index contributed by atoms with van der Waals surface area (Å²) in [5.41, 5.74) is 1.71. The first kappa shape index (κ1) is 20.1. The number of nitrogens with one attached hydrogen (secondary N) is 2. The van der Waals surface area contributed by atoms with Crippen molar-refractivity contribution in [2.45, 2.75) is 20.0 Å². The highest BCUT2D eigenvalue weighted by molar-refractivity contribution is 14.0. The van der Waals surface area contributed by atoms with Crippen LogP contribution in [0.2, 0.25) is 0 Å². The molecule has 0 spiro atoms. The predicted octanol–water partition coefficient (Wildman–Crippen LogP) is 3.13. The van der Waals surface area contributed by atoms with Crippen LogP contribution >= 0.6 is 24.0 Å². The van der Waals surface area contributed by atoms with Crippen LogP contribution in [0.25, 0.3) is 0 Å². The third-order valence-electron chi connectivity index (χ3n) is 3.67. The Morgan fingerprint density at radius 3 is 2.65 bits per heavy atom. The van der Waals surface area contributed by atoms with Crippen LogP contribution in [-0.2, 0) is 13.1 Å². The summed E-state index contributed by atoms with van der Waals surface area (Å²) >= 11 is 0. The second-order valence-electron chi connectivity index (χ2n) is 5.52. The summed E-state index contributed by atoms with van der Waals surface area (Å²) in [4.78, 5) is 4.43. The molecule has 0 atom stereocenters. The van der Waals surface area contributed by atoms with E-state index in [1.165, 1.54) is 12.1 Å². The van der Waals surface area contributed by atoms with Crippen molar-refractivity contribution in [1.29, 1.82) is 0 Å². The minimum absolute atomic E-state index is 0. The Labute approximate surface area is 168 Å². The molecule has 3 rings (SSSR count). The zero-order valence-corrected chi connectivity index (χ0v) is 16.6. The van der Waals surface area contributed by atoms with Crippen LogP contribution in [-0.4, -0.2) is 24.4 Å². The zero-order chi connectivity index (χ0) is 17.6. The molecule has 26 heavy (non-hydrogen) atoms. The van der Waals surface area contributed by atoms with Gasteiger partial charge in [0.05, 0.1) is 6.54 Å². The summed E-state index contributed by atoms with van der Waals surface area (Å²) in [5, 5.41) is 15.6. The van der Waals surface area contributed by atoms with Gasteiger partial charge in [0.2, 0.25) is 6.79 Å². The molecular formula is C18H21FIN3O3. The molecule has 8 heteroatoms. The van der Waals surface area contributed by atoms with Crippen molar-refractivity contribution in [3.05, 3.63) is 53.3 Å². The van der Waals surface area contributed by atoms with Crippen molar-refractivity contribution >= 4 is 29.9 Å². The normalized spacial score (nSPS) is 12.5. The average molecular weight is 473 g/mol. The van der Waals surface area contributed by atoms with E-state index in [0.29, 0.717) is 31.2 Å². The third-order valence-corrected chi connectivity index (χ3v) is 3.67. The molecule has 2 aromatic rings. The molecule has 0 radical (unpaired) electrons. The smallest absolute Gasteiger partial charge is 0.231 e. The molecule has 0 amide bonds. The van der Waals surface area contributed by atoms with Gasteiger partial charge in [0.25, 0.3) is 0 Å². The molecule has 140 valence electrons. The van der Waals surface area contributed by atoms with E-state index in [1.807, 2.05) is 25.1 Å². The summed E-state index contributed by atoms with van der Waals surface area (Å²) < 4.78 is 24.0. The van der Waals surface area contributed by atoms with Gasteiger partial charge in [0.15, 0.2) is 29.0 Å². The molecule has 1 heterocycles. The lowest BCUT2D eigenvalue weighted by molar-refractivity contribution is 0.174. The fourth-order valence-corrected chi connectivity index (χ4v) is 2.40. The molecule has 0 aromatic heterocycles. The van der Waals surface area contributed by atoms with Crippen molar-refractivity contribution in [3.8, 4) is 17.2 Å². The number of aromatic hydroxyl groups is 1.